The topological polar surface area (TPSA) is 84.6 Å². The molecule has 0 bridgehead atoms. The van der Waals surface area contributed by atoms with Crippen molar-refractivity contribution in [1.29, 1.82) is 0 Å². The maximum absolute atomic E-state index is 10.5. The van der Waals surface area contributed by atoms with E-state index in [1.54, 1.807) is 0 Å². The molecule has 0 radical (unpaired) electrons. The molecule has 84 valence electrons. The molecule has 0 fully saturated rings. The monoisotopic (exact) mass is 214 g/mol. The first-order valence-electron chi connectivity index (χ1n) is 4.71. The molecule has 0 unspecified atom stereocenters. The number of hydrogen-bond donors (Lipinski definition) is 2. The van der Waals surface area contributed by atoms with Crippen LogP contribution in [0.3, 0.4) is 0 Å². The minimum absolute atomic E-state index is 0.0726. The summed E-state index contributed by atoms with van der Waals surface area (Å²) in [5, 5.41) is 15.0. The zero-order chi connectivity index (χ0) is 11.1. The van der Waals surface area contributed by atoms with E-state index in [0.29, 0.717) is 32.1 Å². The second-order valence-corrected chi connectivity index (χ2v) is 2.86. The van der Waals surface area contributed by atoms with Crippen LogP contribution in [0.25, 0.3) is 0 Å². The molecule has 0 atom stereocenters. The standard InChI is InChI=1S/C9H14N2O4/c1-2-14-4-3-10-6-7-5-8(9(12)13)11-15-7/h5,10H,2-4,6H2,1H3,(H,12,13). The summed E-state index contributed by atoms with van der Waals surface area (Å²) in [4.78, 5) is 10.5. The Morgan fingerprint density at radius 3 is 3.13 bits per heavy atom. The number of carboxylic acids is 1. The van der Waals surface area contributed by atoms with Crippen LogP contribution in [0.1, 0.15) is 23.2 Å². The van der Waals surface area contributed by atoms with Gasteiger partial charge >= 0.3 is 5.97 Å². The van der Waals surface area contributed by atoms with Crippen LogP contribution in [-0.2, 0) is 11.3 Å². The van der Waals surface area contributed by atoms with Crippen molar-refractivity contribution < 1.29 is 19.2 Å². The number of nitrogens with zero attached hydrogens (tertiary/aromatic N) is 1. The van der Waals surface area contributed by atoms with Crippen molar-refractivity contribution in [2.24, 2.45) is 0 Å². The van der Waals surface area contributed by atoms with Gasteiger partial charge in [0.15, 0.2) is 11.5 Å². The Kier molecular flexibility index (Phi) is 4.79. The minimum atomic E-state index is -1.08. The molecule has 1 aromatic rings. The molecule has 0 saturated carbocycles. The van der Waals surface area contributed by atoms with E-state index >= 15 is 0 Å². The van der Waals surface area contributed by atoms with E-state index in [-0.39, 0.29) is 5.69 Å². The number of hydrogen-bond acceptors (Lipinski definition) is 5. The largest absolute Gasteiger partial charge is 0.476 e. The molecule has 1 heterocycles. The smallest absolute Gasteiger partial charge is 0.358 e. The molecule has 0 saturated heterocycles. The van der Waals surface area contributed by atoms with Gasteiger partial charge in [-0.15, -0.1) is 0 Å². The van der Waals surface area contributed by atoms with Crippen LogP contribution >= 0.6 is 0 Å². The second-order valence-electron chi connectivity index (χ2n) is 2.86. The lowest BCUT2D eigenvalue weighted by Gasteiger charge is -2.01. The summed E-state index contributed by atoms with van der Waals surface area (Å²) in [6.45, 7) is 4.38. The molecule has 6 heteroatoms. The van der Waals surface area contributed by atoms with Gasteiger partial charge in [-0.1, -0.05) is 5.16 Å². The number of ether oxygens (including phenoxy) is 1. The highest BCUT2D eigenvalue weighted by atomic mass is 16.5. The molecule has 0 aliphatic carbocycles. The lowest BCUT2D eigenvalue weighted by molar-refractivity contribution is 0.0685. The van der Waals surface area contributed by atoms with Gasteiger partial charge in [0.2, 0.25) is 0 Å². The average molecular weight is 214 g/mol. The third-order valence-electron chi connectivity index (χ3n) is 1.70. The highest BCUT2D eigenvalue weighted by molar-refractivity contribution is 5.85. The Balaban J connectivity index is 2.23. The van der Waals surface area contributed by atoms with Crippen molar-refractivity contribution in [2.75, 3.05) is 19.8 Å². The predicted molar refractivity (Wildman–Crippen MR) is 51.7 cm³/mol. The highest BCUT2D eigenvalue weighted by Crippen LogP contribution is 2.02. The lowest BCUT2D eigenvalue weighted by atomic mass is 10.3. The van der Waals surface area contributed by atoms with E-state index in [1.165, 1.54) is 6.07 Å². The quantitative estimate of drug-likeness (QED) is 0.643. The van der Waals surface area contributed by atoms with E-state index in [2.05, 4.69) is 10.5 Å². The van der Waals surface area contributed by atoms with Crippen LogP contribution in [0.2, 0.25) is 0 Å². The molecular weight excluding hydrogens is 200 g/mol. The Morgan fingerprint density at radius 1 is 1.73 bits per heavy atom. The minimum Gasteiger partial charge on any atom is -0.476 e. The van der Waals surface area contributed by atoms with Crippen molar-refractivity contribution in [3.8, 4) is 0 Å². The first-order chi connectivity index (χ1) is 7.24. The van der Waals surface area contributed by atoms with Gasteiger partial charge < -0.3 is 19.7 Å². The van der Waals surface area contributed by atoms with Gasteiger partial charge in [-0.3, -0.25) is 0 Å². The molecule has 0 aromatic carbocycles. The summed E-state index contributed by atoms with van der Waals surface area (Å²) in [5.41, 5.74) is -0.0726. The van der Waals surface area contributed by atoms with Crippen molar-refractivity contribution in [1.82, 2.24) is 10.5 Å². The van der Waals surface area contributed by atoms with E-state index in [4.69, 9.17) is 14.4 Å². The van der Waals surface area contributed by atoms with Crippen LogP contribution in [-0.4, -0.2) is 36.0 Å². The van der Waals surface area contributed by atoms with Crippen LogP contribution in [0.5, 0.6) is 0 Å². The fraction of sp³-hybridized carbons (Fsp3) is 0.556. The number of carboxylic acid groups (broad SMARTS) is 1. The molecule has 6 nitrogen and oxygen atoms in total. The predicted octanol–water partition coefficient (Wildman–Crippen LogP) is 0.499. The SMILES string of the molecule is CCOCCNCc1cc(C(=O)O)no1. The van der Waals surface area contributed by atoms with E-state index < -0.39 is 5.97 Å². The van der Waals surface area contributed by atoms with Gasteiger partial charge in [0.1, 0.15) is 0 Å². The maximum atomic E-state index is 10.5. The van der Waals surface area contributed by atoms with Gasteiger partial charge in [0.05, 0.1) is 13.2 Å². The van der Waals surface area contributed by atoms with Crippen molar-refractivity contribution >= 4 is 5.97 Å². The zero-order valence-corrected chi connectivity index (χ0v) is 8.52. The zero-order valence-electron chi connectivity index (χ0n) is 8.52. The summed E-state index contributed by atoms with van der Waals surface area (Å²) >= 11 is 0. The third kappa shape index (κ3) is 4.09. The Hall–Kier alpha value is -1.40. The fourth-order valence-electron chi connectivity index (χ4n) is 0.997. The molecule has 0 amide bonds. The van der Waals surface area contributed by atoms with Gasteiger partial charge in [-0.05, 0) is 6.92 Å². The first-order valence-corrected chi connectivity index (χ1v) is 4.71. The summed E-state index contributed by atoms with van der Waals surface area (Å²) < 4.78 is 9.91. The summed E-state index contributed by atoms with van der Waals surface area (Å²) in [5.74, 6) is -0.580. The highest BCUT2D eigenvalue weighted by Gasteiger charge is 2.09. The number of aromatic carboxylic acids is 1. The van der Waals surface area contributed by atoms with Crippen LogP contribution in [0.15, 0.2) is 10.6 Å². The van der Waals surface area contributed by atoms with Crippen molar-refractivity contribution in [2.45, 2.75) is 13.5 Å². The van der Waals surface area contributed by atoms with Crippen LogP contribution < -0.4 is 5.32 Å². The van der Waals surface area contributed by atoms with E-state index in [1.807, 2.05) is 6.92 Å². The van der Waals surface area contributed by atoms with E-state index in [0.717, 1.165) is 0 Å². The van der Waals surface area contributed by atoms with Crippen LogP contribution in [0.4, 0.5) is 0 Å². The normalized spacial score (nSPS) is 10.5. The molecule has 0 spiro atoms. The second kappa shape index (κ2) is 6.15. The van der Waals surface area contributed by atoms with Gasteiger partial charge in [-0.25, -0.2) is 4.79 Å². The Morgan fingerprint density at radius 2 is 2.53 bits per heavy atom. The molecule has 1 aromatic heterocycles. The van der Waals surface area contributed by atoms with E-state index in [9.17, 15) is 4.79 Å². The molecule has 0 aliphatic rings. The molecule has 1 rings (SSSR count). The number of aromatic nitrogens is 1. The number of carbonyl (C=O) groups is 1. The first kappa shape index (κ1) is 11.7. The fourth-order valence-corrected chi connectivity index (χ4v) is 0.997. The molecular formula is C9H14N2O4. The Labute approximate surface area is 87.2 Å². The summed E-state index contributed by atoms with van der Waals surface area (Å²) in [7, 11) is 0. The van der Waals surface area contributed by atoms with Crippen molar-refractivity contribution in [3.63, 3.8) is 0 Å². The average Bonchev–Trinajstić information content (AvgIpc) is 2.66. The summed E-state index contributed by atoms with van der Waals surface area (Å²) in [6.07, 6.45) is 0. The van der Waals surface area contributed by atoms with Gasteiger partial charge in [-0.2, -0.15) is 0 Å². The molecule has 2 N–H and O–H groups in total. The molecule has 0 aliphatic heterocycles. The van der Waals surface area contributed by atoms with Crippen LogP contribution in [0, 0.1) is 0 Å². The van der Waals surface area contributed by atoms with Gasteiger partial charge in [0, 0.05) is 19.2 Å². The summed E-state index contributed by atoms with van der Waals surface area (Å²) in [6, 6.07) is 1.40. The lowest BCUT2D eigenvalue weighted by Crippen LogP contribution is -2.18. The van der Waals surface area contributed by atoms with Gasteiger partial charge in [0.25, 0.3) is 0 Å². The third-order valence-corrected chi connectivity index (χ3v) is 1.70. The Bertz CT molecular complexity index is 311. The number of nitrogens with one attached hydrogen (secondary N) is 1. The molecule has 15 heavy (non-hydrogen) atoms. The van der Waals surface area contributed by atoms with Crippen molar-refractivity contribution in [3.05, 3.63) is 17.5 Å². The number of rotatable bonds is 7. The maximum Gasteiger partial charge on any atom is 0.358 e.